The molecule has 0 saturated carbocycles. The number of rotatable bonds is 7. The van der Waals surface area contributed by atoms with Gasteiger partial charge in [-0.05, 0) is 24.6 Å². The summed E-state index contributed by atoms with van der Waals surface area (Å²) in [6, 6.07) is 4.99. The predicted octanol–water partition coefficient (Wildman–Crippen LogP) is 2.75. The summed E-state index contributed by atoms with van der Waals surface area (Å²) in [5.41, 5.74) is 6.72. The molecule has 19 heavy (non-hydrogen) atoms. The maximum absolute atomic E-state index is 11.7. The maximum Gasteiger partial charge on any atom is 0.225 e. The Hall–Kier alpha value is -0.910. The van der Waals surface area contributed by atoms with Crippen molar-refractivity contribution in [2.75, 3.05) is 23.4 Å². The van der Waals surface area contributed by atoms with E-state index in [0.29, 0.717) is 28.1 Å². The quantitative estimate of drug-likeness (QED) is 0.677. The molecular formula is C13H19ClN2O2S. The van der Waals surface area contributed by atoms with E-state index in [2.05, 4.69) is 5.32 Å². The van der Waals surface area contributed by atoms with Crippen molar-refractivity contribution < 1.29 is 9.90 Å². The first-order chi connectivity index (χ1) is 9.02. The fourth-order valence-corrected chi connectivity index (χ4v) is 2.68. The van der Waals surface area contributed by atoms with Crippen LogP contribution in [0.1, 0.15) is 19.8 Å². The SMILES string of the molecule is CC(CCO)SCCC(=O)Nc1ccc(N)cc1Cl. The number of thioether (sulfide) groups is 1. The Bertz CT molecular complexity index is 429. The van der Waals surface area contributed by atoms with Crippen molar-refractivity contribution in [2.24, 2.45) is 0 Å². The Morgan fingerprint density at radius 3 is 2.95 bits per heavy atom. The first-order valence-electron chi connectivity index (χ1n) is 6.10. The molecule has 1 atom stereocenters. The molecule has 4 nitrogen and oxygen atoms in total. The van der Waals surface area contributed by atoms with E-state index in [-0.39, 0.29) is 12.5 Å². The molecular weight excluding hydrogens is 284 g/mol. The number of nitrogens with two attached hydrogens (primary N) is 1. The molecule has 0 aliphatic rings. The first-order valence-corrected chi connectivity index (χ1v) is 7.53. The van der Waals surface area contributed by atoms with Crippen LogP contribution in [-0.2, 0) is 4.79 Å². The van der Waals surface area contributed by atoms with E-state index in [1.807, 2.05) is 6.92 Å². The van der Waals surface area contributed by atoms with Crippen molar-refractivity contribution in [1.82, 2.24) is 0 Å². The summed E-state index contributed by atoms with van der Waals surface area (Å²) in [5.74, 6) is 0.648. The van der Waals surface area contributed by atoms with E-state index >= 15 is 0 Å². The lowest BCUT2D eigenvalue weighted by molar-refractivity contribution is -0.115. The molecule has 0 aliphatic carbocycles. The molecule has 106 valence electrons. The molecule has 1 amide bonds. The van der Waals surface area contributed by atoms with Gasteiger partial charge < -0.3 is 16.2 Å². The molecule has 6 heteroatoms. The lowest BCUT2D eigenvalue weighted by Gasteiger charge is -2.10. The van der Waals surface area contributed by atoms with Crippen LogP contribution in [0.15, 0.2) is 18.2 Å². The van der Waals surface area contributed by atoms with Crippen LogP contribution in [-0.4, -0.2) is 28.6 Å². The van der Waals surface area contributed by atoms with Crippen molar-refractivity contribution in [3.63, 3.8) is 0 Å². The van der Waals surface area contributed by atoms with Crippen LogP contribution in [0, 0.1) is 0 Å². The number of aliphatic hydroxyl groups excluding tert-OH is 1. The van der Waals surface area contributed by atoms with Gasteiger partial charge in [0.25, 0.3) is 0 Å². The van der Waals surface area contributed by atoms with E-state index in [0.717, 1.165) is 12.2 Å². The number of aliphatic hydroxyl groups is 1. The molecule has 1 unspecified atom stereocenters. The zero-order valence-electron chi connectivity index (χ0n) is 10.9. The fraction of sp³-hybridized carbons (Fsp3) is 0.462. The topological polar surface area (TPSA) is 75.3 Å². The molecule has 0 heterocycles. The number of benzene rings is 1. The second-order valence-corrected chi connectivity index (χ2v) is 6.18. The Morgan fingerprint density at radius 2 is 2.32 bits per heavy atom. The van der Waals surface area contributed by atoms with E-state index in [4.69, 9.17) is 22.4 Å². The number of nitrogens with one attached hydrogen (secondary N) is 1. The summed E-state index contributed by atoms with van der Waals surface area (Å²) in [7, 11) is 0. The van der Waals surface area contributed by atoms with Gasteiger partial charge in [0, 0.05) is 29.7 Å². The summed E-state index contributed by atoms with van der Waals surface area (Å²) >= 11 is 7.64. The zero-order chi connectivity index (χ0) is 14.3. The highest BCUT2D eigenvalue weighted by molar-refractivity contribution is 7.99. The molecule has 0 aromatic heterocycles. The molecule has 1 aromatic carbocycles. The highest BCUT2D eigenvalue weighted by atomic mass is 35.5. The Balaban J connectivity index is 2.35. The zero-order valence-corrected chi connectivity index (χ0v) is 12.4. The molecule has 0 bridgehead atoms. The van der Waals surface area contributed by atoms with Crippen LogP contribution in [0.3, 0.4) is 0 Å². The average molecular weight is 303 g/mol. The van der Waals surface area contributed by atoms with Gasteiger partial charge in [-0.3, -0.25) is 4.79 Å². The first kappa shape index (κ1) is 16.1. The minimum atomic E-state index is -0.0737. The Labute approximate surface area is 122 Å². The third kappa shape index (κ3) is 6.18. The van der Waals surface area contributed by atoms with Crippen LogP contribution in [0.4, 0.5) is 11.4 Å². The van der Waals surface area contributed by atoms with Gasteiger partial charge in [0.2, 0.25) is 5.91 Å². The third-order valence-corrected chi connectivity index (χ3v) is 4.09. The summed E-state index contributed by atoms with van der Waals surface area (Å²) in [4.78, 5) is 11.7. The molecule has 0 radical (unpaired) electrons. The summed E-state index contributed by atoms with van der Waals surface area (Å²) < 4.78 is 0. The lowest BCUT2D eigenvalue weighted by atomic mass is 10.3. The van der Waals surface area contributed by atoms with Crippen molar-refractivity contribution in [3.05, 3.63) is 23.2 Å². The largest absolute Gasteiger partial charge is 0.399 e. The van der Waals surface area contributed by atoms with Gasteiger partial charge in [0.1, 0.15) is 0 Å². The molecule has 4 N–H and O–H groups in total. The molecule has 0 aliphatic heterocycles. The van der Waals surface area contributed by atoms with Crippen molar-refractivity contribution in [2.45, 2.75) is 25.0 Å². The molecule has 0 fully saturated rings. The van der Waals surface area contributed by atoms with E-state index in [1.165, 1.54) is 0 Å². The summed E-state index contributed by atoms with van der Waals surface area (Å²) in [6.45, 7) is 2.22. The number of hydrogen-bond donors (Lipinski definition) is 3. The smallest absolute Gasteiger partial charge is 0.225 e. The molecule has 1 aromatic rings. The van der Waals surface area contributed by atoms with Gasteiger partial charge in [-0.15, -0.1) is 0 Å². The van der Waals surface area contributed by atoms with E-state index in [9.17, 15) is 4.79 Å². The predicted molar refractivity (Wildman–Crippen MR) is 82.7 cm³/mol. The minimum absolute atomic E-state index is 0.0737. The number of nitrogen functional groups attached to an aromatic ring is 1. The second kappa shape index (κ2) is 8.30. The van der Waals surface area contributed by atoms with Gasteiger partial charge in [-0.25, -0.2) is 0 Å². The van der Waals surface area contributed by atoms with Gasteiger partial charge in [0.05, 0.1) is 10.7 Å². The van der Waals surface area contributed by atoms with Gasteiger partial charge in [-0.2, -0.15) is 11.8 Å². The molecule has 0 spiro atoms. The lowest BCUT2D eigenvalue weighted by Crippen LogP contribution is -2.13. The normalized spacial score (nSPS) is 12.2. The Morgan fingerprint density at radius 1 is 1.58 bits per heavy atom. The number of carbonyl (C=O) groups is 1. The third-order valence-electron chi connectivity index (χ3n) is 2.53. The van der Waals surface area contributed by atoms with E-state index in [1.54, 1.807) is 30.0 Å². The molecule has 1 rings (SSSR count). The average Bonchev–Trinajstić information content (AvgIpc) is 2.33. The number of anilines is 2. The highest BCUT2D eigenvalue weighted by Crippen LogP contribution is 2.24. The Kier molecular flexibility index (Phi) is 7.05. The molecule has 0 saturated heterocycles. The van der Waals surface area contributed by atoms with Gasteiger partial charge >= 0.3 is 0 Å². The van der Waals surface area contributed by atoms with Crippen LogP contribution in [0.5, 0.6) is 0 Å². The standard InChI is InChI=1S/C13H19ClN2O2S/c1-9(4-6-17)19-7-5-13(18)16-12-3-2-10(15)8-11(12)14/h2-3,8-9,17H,4-7,15H2,1H3,(H,16,18). The van der Waals surface area contributed by atoms with Crippen molar-refractivity contribution >= 4 is 40.6 Å². The van der Waals surface area contributed by atoms with Crippen molar-refractivity contribution in [3.8, 4) is 0 Å². The van der Waals surface area contributed by atoms with E-state index < -0.39 is 0 Å². The van der Waals surface area contributed by atoms with Crippen LogP contribution in [0.25, 0.3) is 0 Å². The van der Waals surface area contributed by atoms with Crippen molar-refractivity contribution in [1.29, 1.82) is 0 Å². The maximum atomic E-state index is 11.7. The fourth-order valence-electron chi connectivity index (χ4n) is 1.46. The summed E-state index contributed by atoms with van der Waals surface area (Å²) in [5, 5.41) is 12.3. The minimum Gasteiger partial charge on any atom is -0.399 e. The van der Waals surface area contributed by atoms with Crippen LogP contribution in [0.2, 0.25) is 5.02 Å². The van der Waals surface area contributed by atoms with Gasteiger partial charge in [0.15, 0.2) is 0 Å². The monoisotopic (exact) mass is 302 g/mol. The number of amides is 1. The van der Waals surface area contributed by atoms with Gasteiger partial charge in [-0.1, -0.05) is 18.5 Å². The summed E-state index contributed by atoms with van der Waals surface area (Å²) in [6.07, 6.45) is 1.16. The van der Waals surface area contributed by atoms with Crippen LogP contribution < -0.4 is 11.1 Å². The number of carbonyl (C=O) groups excluding carboxylic acids is 1. The van der Waals surface area contributed by atoms with Crippen LogP contribution >= 0.6 is 23.4 Å². The number of halogens is 1. The highest BCUT2D eigenvalue weighted by Gasteiger charge is 2.08. The number of hydrogen-bond acceptors (Lipinski definition) is 4. The second-order valence-electron chi connectivity index (χ2n) is 4.23.